The highest BCUT2D eigenvalue weighted by Crippen LogP contribution is 2.13. The van der Waals surface area contributed by atoms with E-state index in [9.17, 15) is 19.1 Å². The Bertz CT molecular complexity index is 706. The Morgan fingerprint density at radius 2 is 1.83 bits per heavy atom. The molecule has 0 spiro atoms. The van der Waals surface area contributed by atoms with Gasteiger partial charge in [0.15, 0.2) is 0 Å². The number of hydrogen-bond acceptors (Lipinski definition) is 3. The van der Waals surface area contributed by atoms with Gasteiger partial charge in [0.25, 0.3) is 5.91 Å². The third kappa shape index (κ3) is 4.89. The third-order valence-corrected chi connectivity index (χ3v) is 3.48. The molecule has 2 rings (SSSR count). The molecule has 0 saturated carbocycles. The van der Waals surface area contributed by atoms with E-state index < -0.39 is 23.9 Å². The molecule has 2 aromatic rings. The summed E-state index contributed by atoms with van der Waals surface area (Å²) < 4.78 is 13.1. The molecule has 5 nitrogen and oxygen atoms in total. The number of carbonyl (C=O) groups excluding carboxylic acids is 2. The Balaban J connectivity index is 1.84. The predicted octanol–water partition coefficient (Wildman–Crippen LogP) is 1.79. The van der Waals surface area contributed by atoms with Crippen molar-refractivity contribution in [2.45, 2.75) is 19.1 Å². The maximum absolute atomic E-state index is 13.1. The van der Waals surface area contributed by atoms with E-state index in [0.717, 1.165) is 0 Å². The molecule has 2 amide bonds. The number of aliphatic hydroxyl groups excluding tert-OH is 1. The van der Waals surface area contributed by atoms with E-state index in [2.05, 4.69) is 10.6 Å². The average Bonchev–Trinajstić information content (AvgIpc) is 2.60. The minimum absolute atomic E-state index is 0.0756. The Labute approximate surface area is 139 Å². The topological polar surface area (TPSA) is 78.4 Å². The molecule has 6 heteroatoms. The Morgan fingerprint density at radius 3 is 2.50 bits per heavy atom. The van der Waals surface area contributed by atoms with E-state index in [0.29, 0.717) is 11.1 Å². The Kier molecular flexibility index (Phi) is 6.03. The lowest BCUT2D eigenvalue weighted by molar-refractivity contribution is -0.123. The summed E-state index contributed by atoms with van der Waals surface area (Å²) in [7, 11) is 0. The summed E-state index contributed by atoms with van der Waals surface area (Å²) in [5, 5.41) is 15.1. The van der Waals surface area contributed by atoms with E-state index in [1.54, 1.807) is 43.3 Å². The number of amides is 2. The molecule has 0 aliphatic carbocycles. The van der Waals surface area contributed by atoms with Gasteiger partial charge in [-0.3, -0.25) is 9.59 Å². The maximum atomic E-state index is 13.1. The van der Waals surface area contributed by atoms with Crippen molar-refractivity contribution in [1.82, 2.24) is 10.6 Å². The van der Waals surface area contributed by atoms with Gasteiger partial charge in [-0.2, -0.15) is 0 Å². The fraction of sp³-hybridized carbons (Fsp3) is 0.222. The fourth-order valence-corrected chi connectivity index (χ4v) is 2.12. The number of carbonyl (C=O) groups is 2. The van der Waals surface area contributed by atoms with Gasteiger partial charge in [0.05, 0.1) is 6.10 Å². The van der Waals surface area contributed by atoms with E-state index in [1.165, 1.54) is 18.2 Å². The zero-order valence-corrected chi connectivity index (χ0v) is 13.2. The van der Waals surface area contributed by atoms with Crippen LogP contribution in [0.2, 0.25) is 0 Å². The summed E-state index contributed by atoms with van der Waals surface area (Å²) in [6.07, 6.45) is -1.03. The first-order chi connectivity index (χ1) is 11.5. The summed E-state index contributed by atoms with van der Waals surface area (Å²) in [6, 6.07) is 13.3. The predicted molar refractivity (Wildman–Crippen MR) is 87.7 cm³/mol. The quantitative estimate of drug-likeness (QED) is 0.756. The van der Waals surface area contributed by atoms with E-state index in [4.69, 9.17) is 0 Å². The van der Waals surface area contributed by atoms with E-state index in [1.807, 2.05) is 0 Å². The maximum Gasteiger partial charge on any atom is 0.251 e. The molecule has 3 N–H and O–H groups in total. The van der Waals surface area contributed by atoms with Crippen LogP contribution in [0.4, 0.5) is 4.39 Å². The van der Waals surface area contributed by atoms with Crippen molar-refractivity contribution in [1.29, 1.82) is 0 Å². The van der Waals surface area contributed by atoms with Crippen LogP contribution in [0.5, 0.6) is 0 Å². The first-order valence-electron chi connectivity index (χ1n) is 7.54. The van der Waals surface area contributed by atoms with Gasteiger partial charge in [-0.1, -0.05) is 30.3 Å². The van der Waals surface area contributed by atoms with Gasteiger partial charge in [-0.05, 0) is 36.8 Å². The van der Waals surface area contributed by atoms with Crippen LogP contribution in [0.3, 0.4) is 0 Å². The molecule has 2 atom stereocenters. The normalized spacial score (nSPS) is 13.0. The SMILES string of the molecule is CC(NC(=O)c1ccccc1)C(=O)NCC(O)c1cccc(F)c1. The van der Waals surface area contributed by atoms with Crippen LogP contribution in [0, 0.1) is 5.82 Å². The summed E-state index contributed by atoms with van der Waals surface area (Å²) in [4.78, 5) is 24.0. The van der Waals surface area contributed by atoms with Gasteiger partial charge in [0.1, 0.15) is 11.9 Å². The third-order valence-electron chi connectivity index (χ3n) is 3.48. The van der Waals surface area contributed by atoms with Crippen LogP contribution < -0.4 is 10.6 Å². The van der Waals surface area contributed by atoms with Crippen molar-refractivity contribution < 1.29 is 19.1 Å². The Morgan fingerprint density at radius 1 is 1.12 bits per heavy atom. The molecule has 0 bridgehead atoms. The largest absolute Gasteiger partial charge is 0.387 e. The van der Waals surface area contributed by atoms with Gasteiger partial charge in [0, 0.05) is 12.1 Å². The van der Waals surface area contributed by atoms with Gasteiger partial charge < -0.3 is 15.7 Å². The molecule has 24 heavy (non-hydrogen) atoms. The molecule has 0 aliphatic rings. The van der Waals surface area contributed by atoms with E-state index >= 15 is 0 Å². The van der Waals surface area contributed by atoms with Gasteiger partial charge in [-0.15, -0.1) is 0 Å². The number of nitrogens with one attached hydrogen (secondary N) is 2. The molecule has 0 aromatic heterocycles. The van der Waals surface area contributed by atoms with Gasteiger partial charge in [0.2, 0.25) is 5.91 Å². The number of rotatable bonds is 6. The second kappa shape index (κ2) is 8.21. The highest BCUT2D eigenvalue weighted by Gasteiger charge is 2.17. The molecular formula is C18H19FN2O3. The molecular weight excluding hydrogens is 311 g/mol. The van der Waals surface area contributed by atoms with Crippen molar-refractivity contribution in [3.8, 4) is 0 Å². The van der Waals surface area contributed by atoms with Gasteiger partial charge >= 0.3 is 0 Å². The number of hydrogen-bond donors (Lipinski definition) is 3. The zero-order chi connectivity index (χ0) is 17.5. The number of benzene rings is 2. The summed E-state index contributed by atoms with van der Waals surface area (Å²) >= 11 is 0. The van der Waals surface area contributed by atoms with Crippen molar-refractivity contribution in [3.63, 3.8) is 0 Å². The van der Waals surface area contributed by atoms with Crippen molar-refractivity contribution in [2.24, 2.45) is 0 Å². The zero-order valence-electron chi connectivity index (χ0n) is 13.2. The Hall–Kier alpha value is -2.73. The smallest absolute Gasteiger partial charge is 0.251 e. The van der Waals surface area contributed by atoms with Crippen LogP contribution in [0.25, 0.3) is 0 Å². The van der Waals surface area contributed by atoms with E-state index in [-0.39, 0.29) is 12.5 Å². The average molecular weight is 330 g/mol. The molecule has 2 unspecified atom stereocenters. The van der Waals surface area contributed by atoms with Crippen molar-refractivity contribution >= 4 is 11.8 Å². The van der Waals surface area contributed by atoms with Gasteiger partial charge in [-0.25, -0.2) is 4.39 Å². The lowest BCUT2D eigenvalue weighted by Crippen LogP contribution is -2.45. The highest BCUT2D eigenvalue weighted by molar-refractivity contribution is 5.97. The first kappa shape index (κ1) is 17.6. The second-order valence-corrected chi connectivity index (χ2v) is 5.38. The highest BCUT2D eigenvalue weighted by atomic mass is 19.1. The van der Waals surface area contributed by atoms with Crippen LogP contribution in [0.15, 0.2) is 54.6 Å². The molecule has 2 aromatic carbocycles. The minimum atomic E-state index is -1.03. The monoisotopic (exact) mass is 330 g/mol. The van der Waals surface area contributed by atoms with Crippen LogP contribution in [-0.4, -0.2) is 29.5 Å². The molecule has 0 heterocycles. The first-order valence-corrected chi connectivity index (χ1v) is 7.54. The summed E-state index contributed by atoms with van der Waals surface area (Å²) in [6.45, 7) is 1.47. The second-order valence-electron chi connectivity index (χ2n) is 5.38. The molecule has 0 radical (unpaired) electrons. The van der Waals surface area contributed by atoms with Crippen LogP contribution in [0.1, 0.15) is 28.9 Å². The molecule has 0 saturated heterocycles. The van der Waals surface area contributed by atoms with Crippen molar-refractivity contribution in [2.75, 3.05) is 6.54 Å². The molecule has 126 valence electrons. The molecule has 0 aliphatic heterocycles. The minimum Gasteiger partial charge on any atom is -0.387 e. The summed E-state index contributed by atoms with van der Waals surface area (Å²) in [5.74, 6) is -1.25. The number of aliphatic hydroxyl groups is 1. The van der Waals surface area contributed by atoms with Crippen molar-refractivity contribution in [3.05, 3.63) is 71.5 Å². The standard InChI is InChI=1S/C18H19FN2O3/c1-12(21-18(24)13-6-3-2-4-7-13)17(23)20-11-16(22)14-8-5-9-15(19)10-14/h2-10,12,16,22H,11H2,1H3,(H,20,23)(H,21,24). The fourth-order valence-electron chi connectivity index (χ4n) is 2.12. The number of halogens is 1. The lowest BCUT2D eigenvalue weighted by Gasteiger charge is -2.16. The van der Waals surface area contributed by atoms with Crippen LogP contribution in [-0.2, 0) is 4.79 Å². The lowest BCUT2D eigenvalue weighted by atomic mass is 10.1. The summed E-state index contributed by atoms with van der Waals surface area (Å²) in [5.41, 5.74) is 0.827. The molecule has 0 fully saturated rings. The van der Waals surface area contributed by atoms with Crippen LogP contribution >= 0.6 is 0 Å².